The number of aryl methyl sites for hydroxylation is 1. The maximum Gasteiger partial charge on any atom is 0.317 e. The summed E-state index contributed by atoms with van der Waals surface area (Å²) in [4.78, 5) is 25.3. The molecule has 0 unspecified atom stereocenters. The van der Waals surface area contributed by atoms with Gasteiger partial charge in [0.05, 0.1) is 6.54 Å². The number of hydrogen-bond acceptors (Lipinski definition) is 5. The minimum absolute atomic E-state index is 0.0542. The molecule has 0 aliphatic heterocycles. The van der Waals surface area contributed by atoms with Crippen LogP contribution < -0.4 is 5.32 Å². The Hall–Kier alpha value is -1.89. The van der Waals surface area contributed by atoms with Crippen molar-refractivity contribution in [3.8, 4) is 0 Å². The van der Waals surface area contributed by atoms with Crippen LogP contribution in [0.15, 0.2) is 4.52 Å². The highest BCUT2D eigenvalue weighted by Gasteiger charge is 2.35. The third-order valence-corrected chi connectivity index (χ3v) is 5.12. The summed E-state index contributed by atoms with van der Waals surface area (Å²) in [6.45, 7) is 2.71. The highest BCUT2D eigenvalue weighted by atomic mass is 16.5. The quantitative estimate of drug-likeness (QED) is 0.767. The lowest BCUT2D eigenvalue weighted by Crippen LogP contribution is -2.54. The maximum atomic E-state index is 12.5. The Labute approximate surface area is 141 Å². The second-order valence-corrected chi connectivity index (χ2v) is 6.75. The topological polar surface area (TPSA) is 95.7 Å². The van der Waals surface area contributed by atoms with Gasteiger partial charge in [0.15, 0.2) is 5.69 Å². The van der Waals surface area contributed by atoms with Gasteiger partial charge in [-0.2, -0.15) is 0 Å². The summed E-state index contributed by atoms with van der Waals surface area (Å²) in [5.74, 6) is -0.107. The number of likely N-dealkylation sites (N-methyl/N-ethyl adjacent to an activating group) is 1. The molecule has 0 saturated heterocycles. The van der Waals surface area contributed by atoms with E-state index < -0.39 is 5.97 Å². The zero-order valence-electron chi connectivity index (χ0n) is 14.1. The van der Waals surface area contributed by atoms with Crippen LogP contribution in [-0.4, -0.2) is 52.2 Å². The van der Waals surface area contributed by atoms with E-state index in [4.69, 9.17) is 9.63 Å². The molecule has 0 radical (unpaired) electrons. The molecule has 0 spiro atoms. The van der Waals surface area contributed by atoms with Crippen molar-refractivity contribution in [3.63, 3.8) is 0 Å². The zero-order chi connectivity index (χ0) is 17.1. The smallest absolute Gasteiger partial charge is 0.317 e. The summed E-state index contributed by atoms with van der Waals surface area (Å²) in [7, 11) is 0. The number of carbonyl (C=O) groups is 2. The van der Waals surface area contributed by atoms with Crippen molar-refractivity contribution in [2.45, 2.75) is 64.0 Å². The molecule has 1 saturated carbocycles. The van der Waals surface area contributed by atoms with Crippen LogP contribution in [0.3, 0.4) is 0 Å². The third-order valence-electron chi connectivity index (χ3n) is 5.12. The van der Waals surface area contributed by atoms with Gasteiger partial charge in [-0.15, -0.1) is 0 Å². The van der Waals surface area contributed by atoms with Gasteiger partial charge in [0.2, 0.25) is 0 Å². The lowest BCUT2D eigenvalue weighted by atomic mass is 9.85. The summed E-state index contributed by atoms with van der Waals surface area (Å²) >= 11 is 0. The molecule has 0 aromatic carbocycles. The summed E-state index contributed by atoms with van der Waals surface area (Å²) < 4.78 is 5.36. The Morgan fingerprint density at radius 2 is 2.04 bits per heavy atom. The van der Waals surface area contributed by atoms with Gasteiger partial charge in [-0.3, -0.25) is 14.5 Å². The van der Waals surface area contributed by atoms with Crippen LogP contribution in [-0.2, 0) is 17.6 Å². The summed E-state index contributed by atoms with van der Waals surface area (Å²) in [5, 5.41) is 15.9. The molecular weight excluding hydrogens is 310 g/mol. The first-order valence-corrected chi connectivity index (χ1v) is 8.82. The number of carboxylic acids is 1. The van der Waals surface area contributed by atoms with Crippen LogP contribution in [0, 0.1) is 0 Å². The van der Waals surface area contributed by atoms with Crippen molar-refractivity contribution in [1.82, 2.24) is 15.4 Å². The molecular formula is C17H25N3O4. The van der Waals surface area contributed by atoms with E-state index in [1.54, 1.807) is 0 Å². The lowest BCUT2D eigenvalue weighted by Gasteiger charge is -2.42. The Morgan fingerprint density at radius 3 is 2.75 bits per heavy atom. The van der Waals surface area contributed by atoms with Gasteiger partial charge in [-0.05, 0) is 38.6 Å². The van der Waals surface area contributed by atoms with Crippen LogP contribution in [0.5, 0.6) is 0 Å². The number of hydrogen-bond donors (Lipinski definition) is 2. The fourth-order valence-electron chi connectivity index (χ4n) is 3.67. The normalized spacial score (nSPS) is 23.2. The van der Waals surface area contributed by atoms with E-state index in [0.717, 1.165) is 56.3 Å². The molecule has 1 amide bonds. The number of nitrogens with zero attached hydrogens (tertiary/aromatic N) is 2. The van der Waals surface area contributed by atoms with Crippen LogP contribution in [0.1, 0.15) is 60.8 Å². The average molecular weight is 335 g/mol. The highest BCUT2D eigenvalue weighted by molar-refractivity contribution is 5.94. The summed E-state index contributed by atoms with van der Waals surface area (Å²) in [6, 6.07) is 0.314. The molecule has 1 fully saturated rings. The number of nitrogens with one attached hydrogen (secondary N) is 1. The number of fused-ring (bicyclic) bond motifs is 1. The predicted octanol–water partition coefficient (Wildman–Crippen LogP) is 1.61. The van der Waals surface area contributed by atoms with Crippen molar-refractivity contribution in [1.29, 1.82) is 0 Å². The molecule has 1 aromatic rings. The molecule has 1 heterocycles. The van der Waals surface area contributed by atoms with Crippen LogP contribution >= 0.6 is 0 Å². The third kappa shape index (κ3) is 3.61. The van der Waals surface area contributed by atoms with Gasteiger partial charge in [0, 0.05) is 24.1 Å². The first-order chi connectivity index (χ1) is 11.6. The van der Waals surface area contributed by atoms with E-state index in [9.17, 15) is 9.59 Å². The van der Waals surface area contributed by atoms with Gasteiger partial charge < -0.3 is 14.9 Å². The molecule has 3 rings (SSSR count). The number of aliphatic carboxylic acids is 1. The SMILES string of the molecule is CCN(CC(=O)O)C1CC(NC(=O)c2noc3c2CCCCC3)C1. The van der Waals surface area contributed by atoms with Gasteiger partial charge in [0.25, 0.3) is 5.91 Å². The van der Waals surface area contributed by atoms with Crippen molar-refractivity contribution in [2.24, 2.45) is 0 Å². The minimum Gasteiger partial charge on any atom is -0.480 e. The van der Waals surface area contributed by atoms with Crippen molar-refractivity contribution >= 4 is 11.9 Å². The van der Waals surface area contributed by atoms with Gasteiger partial charge in [-0.25, -0.2) is 0 Å². The molecule has 132 valence electrons. The molecule has 7 nitrogen and oxygen atoms in total. The number of carbonyl (C=O) groups excluding carboxylic acids is 1. The lowest BCUT2D eigenvalue weighted by molar-refractivity contribution is -0.139. The summed E-state index contributed by atoms with van der Waals surface area (Å²) in [5.41, 5.74) is 1.41. The first-order valence-electron chi connectivity index (χ1n) is 8.82. The van der Waals surface area contributed by atoms with E-state index in [1.807, 2.05) is 11.8 Å². The van der Waals surface area contributed by atoms with Crippen molar-refractivity contribution < 1.29 is 19.2 Å². The largest absolute Gasteiger partial charge is 0.480 e. The maximum absolute atomic E-state index is 12.5. The summed E-state index contributed by atoms with van der Waals surface area (Å²) in [6.07, 6.45) is 6.61. The van der Waals surface area contributed by atoms with Crippen LogP contribution in [0.4, 0.5) is 0 Å². The van der Waals surface area contributed by atoms with Gasteiger partial charge in [-0.1, -0.05) is 18.5 Å². The predicted molar refractivity (Wildman–Crippen MR) is 86.9 cm³/mol. The zero-order valence-corrected chi connectivity index (χ0v) is 14.1. The Kier molecular flexibility index (Phi) is 5.18. The number of rotatable bonds is 6. The molecule has 0 bridgehead atoms. The fraction of sp³-hybridized carbons (Fsp3) is 0.706. The first kappa shape index (κ1) is 17.0. The molecule has 1 aromatic heterocycles. The molecule has 0 atom stereocenters. The number of amides is 1. The van der Waals surface area contributed by atoms with Gasteiger partial charge >= 0.3 is 5.97 Å². The van der Waals surface area contributed by atoms with Gasteiger partial charge in [0.1, 0.15) is 5.76 Å². The van der Waals surface area contributed by atoms with E-state index in [2.05, 4.69) is 10.5 Å². The standard InChI is InChI=1S/C17H25N3O4/c1-2-20(10-15(21)22)12-8-11(9-12)18-17(23)16-13-6-4-3-5-7-14(13)24-19-16/h11-12H,2-10H2,1H3,(H,18,23)(H,21,22). The molecule has 7 heteroatoms. The van der Waals surface area contributed by atoms with E-state index in [0.29, 0.717) is 12.2 Å². The van der Waals surface area contributed by atoms with Crippen LogP contribution in [0.2, 0.25) is 0 Å². The van der Waals surface area contributed by atoms with Crippen molar-refractivity contribution in [2.75, 3.05) is 13.1 Å². The van der Waals surface area contributed by atoms with E-state index in [-0.39, 0.29) is 24.5 Å². The second kappa shape index (κ2) is 7.34. The Bertz CT molecular complexity index is 607. The fourth-order valence-corrected chi connectivity index (χ4v) is 3.67. The van der Waals surface area contributed by atoms with Crippen molar-refractivity contribution in [3.05, 3.63) is 17.0 Å². The number of carboxylic acid groups (broad SMARTS) is 1. The molecule has 2 N–H and O–H groups in total. The second-order valence-electron chi connectivity index (χ2n) is 6.75. The Morgan fingerprint density at radius 1 is 1.29 bits per heavy atom. The molecule has 2 aliphatic rings. The van der Waals surface area contributed by atoms with E-state index >= 15 is 0 Å². The van der Waals surface area contributed by atoms with Crippen LogP contribution in [0.25, 0.3) is 0 Å². The average Bonchev–Trinajstić information content (AvgIpc) is 2.77. The Balaban J connectivity index is 1.54. The monoisotopic (exact) mass is 335 g/mol. The molecule has 2 aliphatic carbocycles. The van der Waals surface area contributed by atoms with E-state index in [1.165, 1.54) is 0 Å². The highest BCUT2D eigenvalue weighted by Crippen LogP contribution is 2.27. The molecule has 24 heavy (non-hydrogen) atoms. The minimum atomic E-state index is -0.811. The number of aromatic nitrogens is 1.